The van der Waals surface area contributed by atoms with Crippen LogP contribution < -0.4 is 0 Å². The van der Waals surface area contributed by atoms with Gasteiger partial charge in [0, 0.05) is 21.3 Å². The van der Waals surface area contributed by atoms with Gasteiger partial charge in [-0.1, -0.05) is 67.4 Å². The number of rotatable bonds is 4. The van der Waals surface area contributed by atoms with Crippen molar-refractivity contribution in [3.63, 3.8) is 0 Å². The van der Waals surface area contributed by atoms with E-state index in [1.807, 2.05) is 66.4 Å². The van der Waals surface area contributed by atoms with E-state index in [0.717, 1.165) is 17.0 Å². The van der Waals surface area contributed by atoms with Crippen LogP contribution in [0.2, 0.25) is 10.0 Å². The molecule has 6 heteroatoms. The summed E-state index contributed by atoms with van der Waals surface area (Å²) in [5.74, 6) is 0.0314. The van der Waals surface area contributed by atoms with Gasteiger partial charge in [0.25, 0.3) is 0 Å². The molecule has 1 aliphatic heterocycles. The summed E-state index contributed by atoms with van der Waals surface area (Å²) in [6.07, 6.45) is 0.875. The van der Waals surface area contributed by atoms with E-state index >= 15 is 0 Å². The fourth-order valence-electron chi connectivity index (χ4n) is 3.13. The first-order valence-electron chi connectivity index (χ1n) is 8.97. The molecule has 0 aromatic heterocycles. The molecule has 0 N–H and O–H groups in total. The molecule has 3 nitrogen and oxygen atoms in total. The third-order valence-electron chi connectivity index (χ3n) is 4.45. The van der Waals surface area contributed by atoms with Gasteiger partial charge >= 0.3 is 0 Å². The van der Waals surface area contributed by atoms with Crippen molar-refractivity contribution in [1.29, 1.82) is 0 Å². The maximum absolute atomic E-state index is 12.3. The van der Waals surface area contributed by atoms with E-state index in [0.29, 0.717) is 11.6 Å². The molecule has 0 saturated carbocycles. The van der Waals surface area contributed by atoms with Crippen molar-refractivity contribution in [3.05, 3.63) is 70.2 Å². The molecule has 27 heavy (non-hydrogen) atoms. The maximum Gasteiger partial charge on any atom is 0.249 e. The molecule has 0 spiro atoms. The van der Waals surface area contributed by atoms with Gasteiger partial charge in [-0.05, 0) is 36.2 Å². The Morgan fingerprint density at radius 3 is 2.19 bits per heavy atom. The molecule has 146 valence electrons. The number of amides is 1. The molecule has 1 fully saturated rings. The van der Waals surface area contributed by atoms with Crippen LogP contribution in [0.3, 0.4) is 0 Å². The van der Waals surface area contributed by atoms with E-state index in [9.17, 15) is 4.79 Å². The molecule has 0 bridgehead atoms. The number of benzene rings is 2. The zero-order valence-corrected chi connectivity index (χ0v) is 17.9. The molecule has 1 amide bonds. The molecular weight excluding hydrogens is 401 g/mol. The summed E-state index contributed by atoms with van der Waals surface area (Å²) in [7, 11) is 0. The van der Waals surface area contributed by atoms with E-state index in [4.69, 9.17) is 27.9 Å². The Bertz CT molecular complexity index is 710. The van der Waals surface area contributed by atoms with Crippen LogP contribution in [0, 0.1) is 0 Å². The normalized spacial score (nSPS) is 19.1. The lowest BCUT2D eigenvalue weighted by Crippen LogP contribution is -2.52. The molecule has 3 rings (SSSR count). The minimum atomic E-state index is -0.0620. The number of hydrogen-bond acceptors (Lipinski definition) is 3. The van der Waals surface area contributed by atoms with Gasteiger partial charge in [-0.15, -0.1) is 0 Å². The predicted octanol–water partition coefficient (Wildman–Crippen LogP) is 5.68. The second-order valence-corrected chi connectivity index (χ2v) is 8.08. The molecule has 0 radical (unpaired) electrons. The third-order valence-corrected chi connectivity index (χ3v) is 5.29. The Labute approximate surface area is 177 Å². The molecule has 3 unspecified atom stereocenters. The number of hydrogen-bond donors (Lipinski definition) is 1. The van der Waals surface area contributed by atoms with Crippen molar-refractivity contribution in [3.8, 4) is 0 Å². The number of carbonyl (C=O) groups is 1. The van der Waals surface area contributed by atoms with Crippen LogP contribution in [0.4, 0.5) is 0 Å². The fraction of sp³-hybridized carbons (Fsp3) is 0.381. The topological polar surface area (TPSA) is 29.5 Å². The van der Waals surface area contributed by atoms with Gasteiger partial charge in [-0.2, -0.15) is 12.6 Å². The van der Waals surface area contributed by atoms with Crippen LogP contribution in [-0.2, 0) is 9.53 Å². The van der Waals surface area contributed by atoms with Crippen LogP contribution in [0.5, 0.6) is 0 Å². The lowest BCUT2D eigenvalue weighted by molar-refractivity contribution is -0.152. The van der Waals surface area contributed by atoms with Crippen molar-refractivity contribution in [2.24, 2.45) is 0 Å². The van der Waals surface area contributed by atoms with Crippen LogP contribution in [0.25, 0.3) is 0 Å². The van der Waals surface area contributed by atoms with E-state index in [2.05, 4.69) is 19.6 Å². The number of carbonyl (C=O) groups excluding carboxylic acids is 1. The molecule has 0 aliphatic carbocycles. The Kier molecular flexibility index (Phi) is 8.97. The van der Waals surface area contributed by atoms with Crippen molar-refractivity contribution >= 4 is 41.7 Å². The first-order chi connectivity index (χ1) is 12.9. The SMILES string of the molecule is CCC(C(C)S)N1C(=O)COCC1c1ccc(Cl)cc1.Clc1ccccc1. The maximum atomic E-state index is 12.3. The highest BCUT2D eigenvalue weighted by Crippen LogP contribution is 2.30. The van der Waals surface area contributed by atoms with Crippen LogP contribution in [-0.4, -0.2) is 35.3 Å². The second-order valence-electron chi connectivity index (χ2n) is 6.40. The van der Waals surface area contributed by atoms with Gasteiger partial charge in [0.05, 0.1) is 12.6 Å². The van der Waals surface area contributed by atoms with Crippen molar-refractivity contribution < 1.29 is 9.53 Å². The monoisotopic (exact) mass is 425 g/mol. The number of thiol groups is 1. The quantitative estimate of drug-likeness (QED) is 0.638. The zero-order chi connectivity index (χ0) is 19.8. The zero-order valence-electron chi connectivity index (χ0n) is 15.5. The van der Waals surface area contributed by atoms with Crippen molar-refractivity contribution in [2.75, 3.05) is 13.2 Å². The molecule has 1 saturated heterocycles. The highest BCUT2D eigenvalue weighted by molar-refractivity contribution is 7.81. The Morgan fingerprint density at radius 1 is 1.11 bits per heavy atom. The van der Waals surface area contributed by atoms with E-state index in [1.54, 1.807) is 0 Å². The number of nitrogens with zero attached hydrogens (tertiary/aromatic N) is 1. The van der Waals surface area contributed by atoms with Crippen LogP contribution in [0.15, 0.2) is 54.6 Å². The summed E-state index contributed by atoms with van der Waals surface area (Å²) in [4.78, 5) is 14.2. The summed E-state index contributed by atoms with van der Waals surface area (Å²) < 4.78 is 5.43. The van der Waals surface area contributed by atoms with Crippen molar-refractivity contribution in [1.82, 2.24) is 4.90 Å². The number of ether oxygens (including phenoxy) is 1. The molecule has 1 heterocycles. The molecule has 2 aromatic rings. The molecule has 3 atom stereocenters. The van der Waals surface area contributed by atoms with Crippen LogP contribution >= 0.6 is 35.8 Å². The van der Waals surface area contributed by atoms with Gasteiger partial charge in [-0.3, -0.25) is 4.79 Å². The lowest BCUT2D eigenvalue weighted by atomic mass is 10.00. The average molecular weight is 426 g/mol. The van der Waals surface area contributed by atoms with Gasteiger partial charge in [0.1, 0.15) is 6.61 Å². The lowest BCUT2D eigenvalue weighted by Gasteiger charge is -2.42. The first-order valence-corrected chi connectivity index (χ1v) is 10.2. The Morgan fingerprint density at radius 2 is 1.70 bits per heavy atom. The van der Waals surface area contributed by atoms with Crippen LogP contribution in [0.1, 0.15) is 31.9 Å². The Hall–Kier alpha value is -1.20. The third kappa shape index (κ3) is 6.42. The van der Waals surface area contributed by atoms with Crippen molar-refractivity contribution in [2.45, 2.75) is 37.6 Å². The summed E-state index contributed by atoms with van der Waals surface area (Å²) in [5, 5.41) is 1.61. The number of morpholine rings is 1. The summed E-state index contributed by atoms with van der Waals surface area (Å²) in [6, 6.07) is 17.1. The Balaban J connectivity index is 0.000000313. The first kappa shape index (κ1) is 22.1. The highest BCUT2D eigenvalue weighted by Gasteiger charge is 2.35. The predicted molar refractivity (Wildman–Crippen MR) is 116 cm³/mol. The largest absolute Gasteiger partial charge is 0.369 e. The van der Waals surface area contributed by atoms with E-state index < -0.39 is 0 Å². The summed E-state index contributed by atoms with van der Waals surface area (Å²) >= 11 is 16.0. The van der Waals surface area contributed by atoms with Gasteiger partial charge in [0.15, 0.2) is 0 Å². The minimum Gasteiger partial charge on any atom is -0.369 e. The fourth-order valence-corrected chi connectivity index (χ4v) is 3.76. The molecular formula is C21H25Cl2NO2S. The van der Waals surface area contributed by atoms with Gasteiger partial charge < -0.3 is 9.64 Å². The van der Waals surface area contributed by atoms with E-state index in [1.165, 1.54) is 0 Å². The molecule has 1 aliphatic rings. The second kappa shape index (κ2) is 11.0. The minimum absolute atomic E-state index is 0.0314. The highest BCUT2D eigenvalue weighted by atomic mass is 35.5. The smallest absolute Gasteiger partial charge is 0.249 e. The van der Waals surface area contributed by atoms with E-state index in [-0.39, 0.29) is 29.8 Å². The molecule has 2 aromatic carbocycles. The average Bonchev–Trinajstić information content (AvgIpc) is 2.65. The summed E-state index contributed by atoms with van der Waals surface area (Å²) in [6.45, 7) is 4.78. The summed E-state index contributed by atoms with van der Waals surface area (Å²) in [5.41, 5.74) is 1.05. The number of halogens is 2. The standard InChI is InChI=1S/C15H20ClNO2S.C6H5Cl/c1-3-13(10(2)20)17-14(8-19-9-15(17)18)11-4-6-12(16)7-5-11;7-6-4-2-1-3-5-6/h4-7,10,13-14,20H,3,8-9H2,1-2H3;1-5H. The van der Waals surface area contributed by atoms with Gasteiger partial charge in [-0.25, -0.2) is 0 Å². The van der Waals surface area contributed by atoms with Gasteiger partial charge in [0.2, 0.25) is 5.91 Å².